The number of amides is 1. The van der Waals surface area contributed by atoms with Crippen molar-refractivity contribution in [3.63, 3.8) is 0 Å². The molecule has 6 heteroatoms. The zero-order chi connectivity index (χ0) is 14.4. The second-order valence-electron chi connectivity index (χ2n) is 4.06. The van der Waals surface area contributed by atoms with E-state index in [1.54, 1.807) is 32.0 Å². The molecule has 0 aromatic heterocycles. The van der Waals surface area contributed by atoms with Crippen molar-refractivity contribution in [2.24, 2.45) is 11.7 Å². The summed E-state index contributed by atoms with van der Waals surface area (Å²) in [4.78, 5) is 22.8. The van der Waals surface area contributed by atoms with Gasteiger partial charge in [-0.3, -0.25) is 4.79 Å². The lowest BCUT2D eigenvalue weighted by Crippen LogP contribution is -2.26. The van der Waals surface area contributed by atoms with Gasteiger partial charge >= 0.3 is 5.97 Å². The summed E-state index contributed by atoms with van der Waals surface area (Å²) in [6.45, 7) is 3.68. The van der Waals surface area contributed by atoms with Crippen molar-refractivity contribution < 1.29 is 19.1 Å². The molecule has 1 atom stereocenters. The van der Waals surface area contributed by atoms with E-state index < -0.39 is 17.8 Å². The molecular formula is C13H18N2O4. The minimum atomic E-state index is -0.594. The van der Waals surface area contributed by atoms with Gasteiger partial charge in [-0.05, 0) is 19.1 Å². The number of primary amides is 1. The summed E-state index contributed by atoms with van der Waals surface area (Å²) >= 11 is 0. The van der Waals surface area contributed by atoms with Crippen LogP contribution in [0.4, 0.5) is 5.69 Å². The van der Waals surface area contributed by atoms with Crippen molar-refractivity contribution in [3.8, 4) is 5.75 Å². The molecule has 0 spiro atoms. The molecule has 1 rings (SSSR count). The quantitative estimate of drug-likeness (QED) is 0.589. The van der Waals surface area contributed by atoms with Crippen LogP contribution in [0.15, 0.2) is 18.2 Å². The van der Waals surface area contributed by atoms with Crippen molar-refractivity contribution in [2.75, 3.05) is 18.9 Å². The maximum absolute atomic E-state index is 11.9. The highest BCUT2D eigenvalue weighted by Crippen LogP contribution is 2.27. The van der Waals surface area contributed by atoms with Crippen LogP contribution in [0, 0.1) is 5.92 Å². The first-order chi connectivity index (χ1) is 8.97. The van der Waals surface area contributed by atoms with Crippen LogP contribution in [0.3, 0.4) is 0 Å². The van der Waals surface area contributed by atoms with Gasteiger partial charge in [0.05, 0.1) is 18.2 Å². The Morgan fingerprint density at radius 1 is 1.37 bits per heavy atom. The minimum Gasteiger partial charge on any atom is -0.491 e. The summed E-state index contributed by atoms with van der Waals surface area (Å²) in [6, 6.07) is 4.82. The van der Waals surface area contributed by atoms with Crippen molar-refractivity contribution in [1.82, 2.24) is 0 Å². The SMILES string of the molecule is CCOc1c(N)cccc1C(=O)OCC(C)C(N)=O. The highest BCUT2D eigenvalue weighted by atomic mass is 16.5. The van der Waals surface area contributed by atoms with Gasteiger partial charge in [-0.25, -0.2) is 4.79 Å². The molecule has 0 radical (unpaired) electrons. The van der Waals surface area contributed by atoms with E-state index in [-0.39, 0.29) is 12.2 Å². The maximum Gasteiger partial charge on any atom is 0.342 e. The van der Waals surface area contributed by atoms with Crippen molar-refractivity contribution in [3.05, 3.63) is 23.8 Å². The fourth-order valence-electron chi connectivity index (χ4n) is 1.38. The number of carbonyl (C=O) groups excluding carboxylic acids is 2. The summed E-state index contributed by atoms with van der Waals surface area (Å²) in [7, 11) is 0. The summed E-state index contributed by atoms with van der Waals surface area (Å²) in [5.41, 5.74) is 11.4. The zero-order valence-corrected chi connectivity index (χ0v) is 11.0. The average molecular weight is 266 g/mol. The molecule has 6 nitrogen and oxygen atoms in total. The second kappa shape index (κ2) is 6.63. The van der Waals surface area contributed by atoms with Crippen LogP contribution < -0.4 is 16.2 Å². The van der Waals surface area contributed by atoms with Crippen molar-refractivity contribution in [2.45, 2.75) is 13.8 Å². The first-order valence-electron chi connectivity index (χ1n) is 5.95. The number of esters is 1. The van der Waals surface area contributed by atoms with Crippen LogP contribution in [-0.4, -0.2) is 25.1 Å². The molecule has 0 fully saturated rings. The van der Waals surface area contributed by atoms with Gasteiger partial charge in [-0.2, -0.15) is 0 Å². The molecule has 4 N–H and O–H groups in total. The molecule has 1 unspecified atom stereocenters. The molecular weight excluding hydrogens is 248 g/mol. The largest absolute Gasteiger partial charge is 0.491 e. The Balaban J connectivity index is 2.82. The lowest BCUT2D eigenvalue weighted by molar-refractivity contribution is -0.122. The number of hydrogen-bond acceptors (Lipinski definition) is 5. The van der Waals surface area contributed by atoms with Crippen LogP contribution in [0.25, 0.3) is 0 Å². The molecule has 0 saturated carbocycles. The van der Waals surface area contributed by atoms with Gasteiger partial charge in [0.1, 0.15) is 12.2 Å². The predicted molar refractivity (Wildman–Crippen MR) is 70.7 cm³/mol. The number of nitrogen functional groups attached to an aromatic ring is 1. The van der Waals surface area contributed by atoms with Crippen LogP contribution in [-0.2, 0) is 9.53 Å². The molecule has 0 aliphatic heterocycles. The molecule has 104 valence electrons. The summed E-state index contributed by atoms with van der Waals surface area (Å²) in [6.07, 6.45) is 0. The van der Waals surface area contributed by atoms with E-state index in [1.165, 1.54) is 0 Å². The highest BCUT2D eigenvalue weighted by Gasteiger charge is 2.18. The molecule has 1 aromatic carbocycles. The van der Waals surface area contributed by atoms with Crippen LogP contribution in [0.5, 0.6) is 5.75 Å². The van der Waals surface area contributed by atoms with Gasteiger partial charge in [-0.15, -0.1) is 0 Å². The summed E-state index contributed by atoms with van der Waals surface area (Å²) in [5, 5.41) is 0. The Hall–Kier alpha value is -2.24. The van der Waals surface area contributed by atoms with Crippen LogP contribution in [0.2, 0.25) is 0 Å². The Morgan fingerprint density at radius 2 is 2.05 bits per heavy atom. The van der Waals surface area contributed by atoms with E-state index in [4.69, 9.17) is 20.9 Å². The monoisotopic (exact) mass is 266 g/mol. The standard InChI is InChI=1S/C13H18N2O4/c1-3-18-11-9(5-4-6-10(11)14)13(17)19-7-8(2)12(15)16/h4-6,8H,3,7,14H2,1-2H3,(H2,15,16). The van der Waals surface area contributed by atoms with Gasteiger partial charge in [0.25, 0.3) is 0 Å². The third kappa shape index (κ3) is 3.87. The second-order valence-corrected chi connectivity index (χ2v) is 4.06. The van der Waals surface area contributed by atoms with Gasteiger partial charge < -0.3 is 20.9 Å². The van der Waals surface area contributed by atoms with E-state index in [0.29, 0.717) is 18.0 Å². The molecule has 0 heterocycles. The number of benzene rings is 1. The maximum atomic E-state index is 11.9. The van der Waals surface area contributed by atoms with Crippen LogP contribution in [0.1, 0.15) is 24.2 Å². The molecule has 0 aliphatic carbocycles. The topological polar surface area (TPSA) is 105 Å². The number of hydrogen-bond donors (Lipinski definition) is 2. The van der Waals surface area contributed by atoms with E-state index in [9.17, 15) is 9.59 Å². The molecule has 1 amide bonds. The van der Waals surface area contributed by atoms with Crippen molar-refractivity contribution in [1.29, 1.82) is 0 Å². The lowest BCUT2D eigenvalue weighted by Gasteiger charge is -2.13. The molecule has 0 saturated heterocycles. The third-order valence-electron chi connectivity index (χ3n) is 2.50. The lowest BCUT2D eigenvalue weighted by atomic mass is 10.1. The Labute approximate surface area is 111 Å². The zero-order valence-electron chi connectivity index (χ0n) is 11.0. The van der Waals surface area contributed by atoms with Crippen LogP contribution >= 0.6 is 0 Å². The first kappa shape index (κ1) is 14.8. The number of rotatable bonds is 6. The predicted octanol–water partition coefficient (Wildman–Crippen LogP) is 0.946. The van der Waals surface area contributed by atoms with E-state index >= 15 is 0 Å². The van der Waals surface area contributed by atoms with E-state index in [0.717, 1.165) is 0 Å². The molecule has 0 bridgehead atoms. The number of para-hydroxylation sites is 1. The van der Waals surface area contributed by atoms with E-state index in [2.05, 4.69) is 0 Å². The molecule has 0 aliphatic rings. The molecule has 19 heavy (non-hydrogen) atoms. The van der Waals surface area contributed by atoms with Crippen molar-refractivity contribution >= 4 is 17.6 Å². The average Bonchev–Trinajstić information content (AvgIpc) is 2.37. The van der Waals surface area contributed by atoms with Gasteiger partial charge in [-0.1, -0.05) is 13.0 Å². The Bertz CT molecular complexity index is 474. The van der Waals surface area contributed by atoms with Gasteiger partial charge in [0, 0.05) is 0 Å². The Kier molecular flexibility index (Phi) is 5.17. The fraction of sp³-hybridized carbons (Fsp3) is 0.385. The number of ether oxygens (including phenoxy) is 2. The summed E-state index contributed by atoms with van der Waals surface area (Å²) < 4.78 is 10.3. The number of carbonyl (C=O) groups is 2. The smallest absolute Gasteiger partial charge is 0.342 e. The van der Waals surface area contributed by atoms with Gasteiger partial charge in [0.15, 0.2) is 5.75 Å². The minimum absolute atomic E-state index is 0.0749. The highest BCUT2D eigenvalue weighted by molar-refractivity contribution is 5.94. The Morgan fingerprint density at radius 3 is 2.63 bits per heavy atom. The molecule has 1 aromatic rings. The first-order valence-corrected chi connectivity index (χ1v) is 5.95. The number of nitrogens with two attached hydrogens (primary N) is 2. The summed E-state index contributed by atoms with van der Waals surface area (Å²) in [5.74, 6) is -1.36. The van der Waals surface area contributed by atoms with E-state index in [1.807, 2.05) is 0 Å². The number of anilines is 1. The fourth-order valence-corrected chi connectivity index (χ4v) is 1.38. The van der Waals surface area contributed by atoms with Gasteiger partial charge in [0.2, 0.25) is 5.91 Å². The normalized spacial score (nSPS) is 11.7. The third-order valence-corrected chi connectivity index (χ3v) is 2.50.